The van der Waals surface area contributed by atoms with E-state index < -0.39 is 21.7 Å². The van der Waals surface area contributed by atoms with Crippen LogP contribution in [-0.2, 0) is 19.6 Å². The van der Waals surface area contributed by atoms with Gasteiger partial charge in [-0.3, -0.25) is 9.10 Å². The Labute approximate surface area is 131 Å². The van der Waals surface area contributed by atoms with Crippen molar-refractivity contribution in [3.8, 4) is 5.75 Å². The van der Waals surface area contributed by atoms with Crippen molar-refractivity contribution in [1.82, 2.24) is 0 Å². The maximum atomic E-state index is 12.4. The fourth-order valence-electron chi connectivity index (χ4n) is 1.82. The molecule has 22 heavy (non-hydrogen) atoms. The Kier molecular flexibility index (Phi) is 6.91. The van der Waals surface area contributed by atoms with Gasteiger partial charge in [-0.05, 0) is 37.6 Å². The number of rotatable bonds is 9. The maximum Gasteiger partial charge on any atom is 0.323 e. The first-order valence-corrected chi connectivity index (χ1v) is 8.46. The molecule has 0 saturated carbocycles. The van der Waals surface area contributed by atoms with Gasteiger partial charge >= 0.3 is 5.97 Å². The van der Waals surface area contributed by atoms with Crippen molar-refractivity contribution in [3.05, 3.63) is 36.9 Å². The van der Waals surface area contributed by atoms with Crippen LogP contribution in [0.2, 0.25) is 0 Å². The van der Waals surface area contributed by atoms with Crippen LogP contribution in [0.15, 0.2) is 36.9 Å². The molecule has 0 saturated heterocycles. The second-order valence-corrected chi connectivity index (χ2v) is 6.30. The molecule has 6 nitrogen and oxygen atoms in total. The van der Waals surface area contributed by atoms with Gasteiger partial charge in [-0.1, -0.05) is 6.08 Å². The summed E-state index contributed by atoms with van der Waals surface area (Å²) in [4.78, 5) is 11.5. The quantitative estimate of drug-likeness (QED) is 0.512. The van der Waals surface area contributed by atoms with Gasteiger partial charge in [0.25, 0.3) is 0 Å². The van der Waals surface area contributed by atoms with Crippen molar-refractivity contribution in [1.29, 1.82) is 0 Å². The highest BCUT2D eigenvalue weighted by Gasteiger charge is 2.26. The van der Waals surface area contributed by atoms with Crippen molar-refractivity contribution in [2.75, 3.05) is 30.3 Å². The third-order valence-electron chi connectivity index (χ3n) is 2.84. The summed E-state index contributed by atoms with van der Waals surface area (Å²) in [5, 5.41) is 0. The minimum absolute atomic E-state index is 0.142. The molecule has 0 atom stereocenters. The minimum atomic E-state index is -3.82. The number of carbonyl (C=O) groups excluding carboxylic acids is 1. The zero-order chi connectivity index (χ0) is 16.6. The molecule has 0 aliphatic rings. The number of ether oxygens (including phenoxy) is 2. The Hall–Kier alpha value is -2.02. The molecule has 0 N–H and O–H groups in total. The van der Waals surface area contributed by atoms with E-state index in [9.17, 15) is 13.2 Å². The summed E-state index contributed by atoms with van der Waals surface area (Å²) in [6.45, 7) is 5.57. The smallest absolute Gasteiger partial charge is 0.323 e. The van der Waals surface area contributed by atoms with Gasteiger partial charge in [0.15, 0.2) is 5.75 Å². The van der Waals surface area contributed by atoms with E-state index in [2.05, 4.69) is 6.58 Å². The molecule has 7 heteroatoms. The average molecular weight is 327 g/mol. The molecule has 122 valence electrons. The molecule has 0 radical (unpaired) electrons. The van der Waals surface area contributed by atoms with Gasteiger partial charge in [-0.25, -0.2) is 8.42 Å². The minimum Gasteiger partial charge on any atom is -0.497 e. The number of esters is 1. The number of benzene rings is 1. The number of carbonyl (C=O) groups is 1. The SMILES string of the molecule is C=CCCN(c1ccc(OC)cc1)S(=O)(=O)CC(=O)OCC. The number of hydrogen-bond donors (Lipinski definition) is 0. The van der Waals surface area contributed by atoms with Crippen LogP contribution in [0.3, 0.4) is 0 Å². The third kappa shape index (κ3) is 5.07. The Balaban J connectivity index is 3.04. The molecular weight excluding hydrogens is 306 g/mol. The molecule has 1 rings (SSSR count). The first-order valence-electron chi connectivity index (χ1n) is 6.85. The van der Waals surface area contributed by atoms with Crippen LogP contribution in [-0.4, -0.2) is 40.4 Å². The molecule has 0 aliphatic heterocycles. The molecule has 0 amide bonds. The molecule has 1 aromatic rings. The Bertz CT molecular complexity index is 595. The predicted octanol–water partition coefficient (Wildman–Crippen LogP) is 1.97. The summed E-state index contributed by atoms with van der Waals surface area (Å²) >= 11 is 0. The van der Waals surface area contributed by atoms with Gasteiger partial charge in [0.05, 0.1) is 19.4 Å². The van der Waals surface area contributed by atoms with E-state index in [1.54, 1.807) is 37.3 Å². The highest BCUT2D eigenvalue weighted by molar-refractivity contribution is 7.93. The van der Waals surface area contributed by atoms with Crippen molar-refractivity contribution in [2.45, 2.75) is 13.3 Å². The lowest BCUT2D eigenvalue weighted by atomic mass is 10.3. The van der Waals surface area contributed by atoms with Gasteiger partial charge in [0.2, 0.25) is 10.0 Å². The second kappa shape index (κ2) is 8.43. The zero-order valence-corrected chi connectivity index (χ0v) is 13.6. The van der Waals surface area contributed by atoms with Crippen LogP contribution in [0.5, 0.6) is 5.75 Å². The normalized spacial score (nSPS) is 10.8. The predicted molar refractivity (Wildman–Crippen MR) is 85.6 cm³/mol. The number of anilines is 1. The fourth-order valence-corrected chi connectivity index (χ4v) is 3.18. The van der Waals surface area contributed by atoms with Crippen LogP contribution in [0.4, 0.5) is 5.69 Å². The molecule has 0 aliphatic carbocycles. The summed E-state index contributed by atoms with van der Waals surface area (Å²) in [5.41, 5.74) is 0.465. The lowest BCUT2D eigenvalue weighted by Gasteiger charge is -2.23. The van der Waals surface area contributed by atoms with E-state index in [0.29, 0.717) is 17.9 Å². The Morgan fingerprint density at radius 2 is 1.95 bits per heavy atom. The summed E-state index contributed by atoms with van der Waals surface area (Å²) in [5.74, 6) is -0.834. The van der Waals surface area contributed by atoms with Crippen LogP contribution in [0, 0.1) is 0 Å². The topological polar surface area (TPSA) is 72.9 Å². The van der Waals surface area contributed by atoms with Gasteiger partial charge in [-0.2, -0.15) is 0 Å². The lowest BCUT2D eigenvalue weighted by Crippen LogP contribution is -2.36. The second-order valence-electron chi connectivity index (χ2n) is 4.41. The molecule has 0 spiro atoms. The number of sulfonamides is 1. The monoisotopic (exact) mass is 327 g/mol. The average Bonchev–Trinajstić information content (AvgIpc) is 2.47. The van der Waals surface area contributed by atoms with E-state index in [1.165, 1.54) is 11.4 Å². The van der Waals surface area contributed by atoms with Crippen molar-refractivity contribution in [2.24, 2.45) is 0 Å². The largest absolute Gasteiger partial charge is 0.497 e. The van der Waals surface area contributed by atoms with E-state index in [4.69, 9.17) is 9.47 Å². The van der Waals surface area contributed by atoms with Gasteiger partial charge in [-0.15, -0.1) is 6.58 Å². The van der Waals surface area contributed by atoms with Crippen molar-refractivity contribution in [3.63, 3.8) is 0 Å². The molecule has 0 aromatic heterocycles. The molecular formula is C15H21NO5S. The van der Waals surface area contributed by atoms with Crippen molar-refractivity contribution < 1.29 is 22.7 Å². The van der Waals surface area contributed by atoms with E-state index in [-0.39, 0.29) is 13.2 Å². The summed E-state index contributed by atoms with van der Waals surface area (Å²) in [6.07, 6.45) is 2.09. The van der Waals surface area contributed by atoms with Gasteiger partial charge < -0.3 is 9.47 Å². The molecule has 1 aromatic carbocycles. The Morgan fingerprint density at radius 3 is 2.45 bits per heavy atom. The Morgan fingerprint density at radius 1 is 1.32 bits per heavy atom. The standard InChI is InChI=1S/C15H21NO5S/c1-4-6-11-16(13-7-9-14(20-3)10-8-13)22(18,19)12-15(17)21-5-2/h4,7-10H,1,5-6,11-12H2,2-3H3. The molecule has 0 unspecified atom stereocenters. The van der Waals surface area contributed by atoms with Crippen molar-refractivity contribution >= 4 is 21.7 Å². The van der Waals surface area contributed by atoms with Crippen LogP contribution in [0.25, 0.3) is 0 Å². The third-order valence-corrected chi connectivity index (χ3v) is 4.50. The summed E-state index contributed by atoms with van der Waals surface area (Å²) < 4.78 is 35.8. The maximum absolute atomic E-state index is 12.4. The fraction of sp³-hybridized carbons (Fsp3) is 0.400. The van der Waals surface area contributed by atoms with Gasteiger partial charge in [0, 0.05) is 6.54 Å². The lowest BCUT2D eigenvalue weighted by molar-refractivity contribution is -0.139. The van der Waals surface area contributed by atoms with Crippen LogP contribution >= 0.6 is 0 Å². The van der Waals surface area contributed by atoms with Crippen LogP contribution < -0.4 is 9.04 Å². The molecule has 0 bridgehead atoms. The number of nitrogens with zero attached hydrogens (tertiary/aromatic N) is 1. The number of methoxy groups -OCH3 is 1. The first kappa shape index (κ1) is 18.0. The summed E-state index contributed by atoms with van der Waals surface area (Å²) in [7, 11) is -2.29. The zero-order valence-electron chi connectivity index (χ0n) is 12.8. The molecule has 0 heterocycles. The highest BCUT2D eigenvalue weighted by atomic mass is 32.2. The molecule has 0 fully saturated rings. The summed E-state index contributed by atoms with van der Waals surface area (Å²) in [6, 6.07) is 6.58. The van der Waals surface area contributed by atoms with E-state index in [0.717, 1.165) is 0 Å². The van der Waals surface area contributed by atoms with Crippen LogP contribution in [0.1, 0.15) is 13.3 Å². The highest BCUT2D eigenvalue weighted by Crippen LogP contribution is 2.22. The number of hydrogen-bond acceptors (Lipinski definition) is 5. The van der Waals surface area contributed by atoms with E-state index >= 15 is 0 Å². The van der Waals surface area contributed by atoms with E-state index in [1.807, 2.05) is 0 Å². The van der Waals surface area contributed by atoms with Gasteiger partial charge in [0.1, 0.15) is 5.75 Å². The first-order chi connectivity index (χ1) is 10.4.